The first-order valence-electron chi connectivity index (χ1n) is 7.08. The van der Waals surface area contributed by atoms with Crippen LogP contribution in [0.25, 0.3) is 0 Å². The van der Waals surface area contributed by atoms with Gasteiger partial charge in [-0.1, -0.05) is 32.1 Å². The van der Waals surface area contributed by atoms with Gasteiger partial charge >= 0.3 is 0 Å². The Morgan fingerprint density at radius 3 is 2.89 bits per heavy atom. The van der Waals surface area contributed by atoms with Crippen molar-refractivity contribution in [2.75, 3.05) is 18.0 Å². The van der Waals surface area contributed by atoms with Gasteiger partial charge in [-0.15, -0.1) is 0 Å². The molecule has 0 fully saturated rings. The Hall–Kier alpha value is -1.16. The van der Waals surface area contributed by atoms with E-state index in [-0.39, 0.29) is 0 Å². The molecule has 0 bridgehead atoms. The third-order valence-electron chi connectivity index (χ3n) is 3.45. The van der Waals surface area contributed by atoms with Gasteiger partial charge in [-0.3, -0.25) is 0 Å². The van der Waals surface area contributed by atoms with Gasteiger partial charge in [0.25, 0.3) is 0 Å². The molecule has 0 aromatic carbocycles. The van der Waals surface area contributed by atoms with Crippen molar-refractivity contribution < 1.29 is 0 Å². The second kappa shape index (κ2) is 6.33. The van der Waals surface area contributed by atoms with Gasteiger partial charge < -0.3 is 10.6 Å². The number of hydrogen-bond donors (Lipinski definition) is 1. The van der Waals surface area contributed by atoms with Gasteiger partial charge in [0.05, 0.1) is 4.99 Å². The first-order chi connectivity index (χ1) is 9.06. The quantitative estimate of drug-likeness (QED) is 0.812. The fraction of sp³-hybridized carbons (Fsp3) is 0.600. The average Bonchev–Trinajstić information content (AvgIpc) is 2.80. The summed E-state index contributed by atoms with van der Waals surface area (Å²) >= 11 is 4.99. The zero-order chi connectivity index (χ0) is 13.8. The first-order valence-corrected chi connectivity index (χ1v) is 7.49. The maximum atomic E-state index is 5.62. The van der Waals surface area contributed by atoms with E-state index >= 15 is 0 Å². The van der Waals surface area contributed by atoms with Gasteiger partial charge in [-0.05, 0) is 36.8 Å². The number of nitrogens with zero attached hydrogens (tertiary/aromatic N) is 2. The van der Waals surface area contributed by atoms with E-state index in [9.17, 15) is 0 Å². The van der Waals surface area contributed by atoms with Gasteiger partial charge in [-0.25, -0.2) is 4.98 Å². The number of nitrogens with two attached hydrogens (primary N) is 1. The zero-order valence-electron chi connectivity index (χ0n) is 11.9. The third kappa shape index (κ3) is 3.90. The summed E-state index contributed by atoms with van der Waals surface area (Å²) in [6, 6.07) is 4.38. The molecule has 0 amide bonds. The van der Waals surface area contributed by atoms with Crippen LogP contribution in [0.4, 0.5) is 5.82 Å². The van der Waals surface area contributed by atoms with Crippen molar-refractivity contribution in [3.8, 4) is 0 Å². The molecule has 1 aromatic heterocycles. The summed E-state index contributed by atoms with van der Waals surface area (Å²) in [7, 11) is 0. The zero-order valence-corrected chi connectivity index (χ0v) is 12.7. The SMILES string of the molecule is CC(C)CN(CCC(N)=S)c1ccc2c(n1)CCC2. The summed E-state index contributed by atoms with van der Waals surface area (Å²) in [4.78, 5) is 7.71. The van der Waals surface area contributed by atoms with Crippen LogP contribution in [0, 0.1) is 5.92 Å². The lowest BCUT2D eigenvalue weighted by molar-refractivity contribution is 0.609. The predicted octanol–water partition coefficient (Wildman–Crippen LogP) is 2.71. The Kier molecular flexibility index (Phi) is 4.75. The van der Waals surface area contributed by atoms with E-state index in [0.717, 1.165) is 31.7 Å². The number of hydrogen-bond acceptors (Lipinski definition) is 3. The van der Waals surface area contributed by atoms with Crippen LogP contribution >= 0.6 is 12.2 Å². The molecule has 19 heavy (non-hydrogen) atoms. The topological polar surface area (TPSA) is 42.1 Å². The summed E-state index contributed by atoms with van der Waals surface area (Å²) in [6.07, 6.45) is 4.29. The van der Waals surface area contributed by atoms with Crippen molar-refractivity contribution in [3.63, 3.8) is 0 Å². The summed E-state index contributed by atoms with van der Waals surface area (Å²) in [5.41, 5.74) is 8.32. The fourth-order valence-electron chi connectivity index (χ4n) is 2.57. The van der Waals surface area contributed by atoms with E-state index in [0.29, 0.717) is 10.9 Å². The molecule has 0 radical (unpaired) electrons. The lowest BCUT2D eigenvalue weighted by Gasteiger charge is -2.26. The van der Waals surface area contributed by atoms with Crippen molar-refractivity contribution in [2.24, 2.45) is 11.7 Å². The molecule has 1 aliphatic rings. The van der Waals surface area contributed by atoms with Crippen molar-refractivity contribution in [1.82, 2.24) is 4.98 Å². The van der Waals surface area contributed by atoms with Gasteiger partial charge in [0.2, 0.25) is 0 Å². The van der Waals surface area contributed by atoms with Crippen molar-refractivity contribution in [1.29, 1.82) is 0 Å². The van der Waals surface area contributed by atoms with E-state index in [1.54, 1.807) is 0 Å². The minimum absolute atomic E-state index is 0.579. The minimum atomic E-state index is 0.579. The number of aromatic nitrogens is 1. The van der Waals surface area contributed by atoms with Crippen molar-refractivity contribution in [2.45, 2.75) is 39.5 Å². The van der Waals surface area contributed by atoms with Crippen molar-refractivity contribution in [3.05, 3.63) is 23.4 Å². The molecule has 104 valence electrons. The monoisotopic (exact) mass is 277 g/mol. The van der Waals surface area contributed by atoms with Crippen LogP contribution in [-0.2, 0) is 12.8 Å². The highest BCUT2D eigenvalue weighted by Gasteiger charge is 2.16. The van der Waals surface area contributed by atoms with Crippen LogP contribution in [0.15, 0.2) is 12.1 Å². The molecule has 0 saturated carbocycles. The molecule has 0 atom stereocenters. The van der Waals surface area contributed by atoms with Crippen LogP contribution in [0.3, 0.4) is 0 Å². The average molecular weight is 277 g/mol. The molecule has 2 rings (SSSR count). The summed E-state index contributed by atoms with van der Waals surface area (Å²) < 4.78 is 0. The number of anilines is 1. The highest BCUT2D eigenvalue weighted by molar-refractivity contribution is 7.80. The van der Waals surface area contributed by atoms with Crippen LogP contribution in [0.2, 0.25) is 0 Å². The Morgan fingerprint density at radius 1 is 1.42 bits per heavy atom. The maximum absolute atomic E-state index is 5.62. The summed E-state index contributed by atoms with van der Waals surface area (Å²) in [6.45, 7) is 6.30. The van der Waals surface area contributed by atoms with Gasteiger partial charge in [0.1, 0.15) is 5.82 Å². The van der Waals surface area contributed by atoms with Crippen molar-refractivity contribution >= 4 is 23.0 Å². The number of rotatable bonds is 6. The van der Waals surface area contributed by atoms with Crippen LogP contribution in [0.1, 0.15) is 37.9 Å². The molecule has 2 N–H and O–H groups in total. The summed E-state index contributed by atoms with van der Waals surface area (Å²) in [5.74, 6) is 1.67. The van der Waals surface area contributed by atoms with Gasteiger partial charge in [0.15, 0.2) is 0 Å². The highest BCUT2D eigenvalue weighted by atomic mass is 32.1. The Morgan fingerprint density at radius 2 is 2.21 bits per heavy atom. The van der Waals surface area contributed by atoms with Crippen LogP contribution in [0.5, 0.6) is 0 Å². The fourth-order valence-corrected chi connectivity index (χ4v) is 2.66. The van der Waals surface area contributed by atoms with E-state index in [1.807, 2.05) is 0 Å². The highest BCUT2D eigenvalue weighted by Crippen LogP contribution is 2.23. The number of aryl methyl sites for hydroxylation is 2. The molecular formula is C15H23N3S. The van der Waals surface area contributed by atoms with Crippen LogP contribution in [-0.4, -0.2) is 23.1 Å². The number of thiocarbonyl (C=S) groups is 1. The van der Waals surface area contributed by atoms with Gasteiger partial charge in [-0.2, -0.15) is 0 Å². The lowest BCUT2D eigenvalue weighted by Crippen LogP contribution is -2.31. The third-order valence-corrected chi connectivity index (χ3v) is 3.66. The normalized spacial score (nSPS) is 13.6. The number of fused-ring (bicyclic) bond motifs is 1. The molecule has 4 heteroatoms. The Labute approximate surface area is 121 Å². The molecule has 1 heterocycles. The van der Waals surface area contributed by atoms with Crippen LogP contribution < -0.4 is 10.6 Å². The van der Waals surface area contributed by atoms with Gasteiger partial charge in [0, 0.05) is 25.2 Å². The summed E-state index contributed by atoms with van der Waals surface area (Å²) in [5, 5.41) is 0. The Bertz CT molecular complexity index is 457. The van der Waals surface area contributed by atoms with E-state index in [2.05, 4.69) is 30.9 Å². The molecule has 0 aliphatic heterocycles. The molecule has 0 saturated heterocycles. The largest absolute Gasteiger partial charge is 0.393 e. The maximum Gasteiger partial charge on any atom is 0.128 e. The second-order valence-corrected chi connectivity index (χ2v) is 6.21. The lowest BCUT2D eigenvalue weighted by atomic mass is 10.2. The number of pyridine rings is 1. The van der Waals surface area contributed by atoms with E-state index in [4.69, 9.17) is 22.9 Å². The molecule has 3 nitrogen and oxygen atoms in total. The molecule has 1 aromatic rings. The Balaban J connectivity index is 2.14. The van der Waals surface area contributed by atoms with E-state index in [1.165, 1.54) is 24.1 Å². The molecule has 1 aliphatic carbocycles. The first kappa shape index (κ1) is 14.3. The van der Waals surface area contributed by atoms with E-state index < -0.39 is 0 Å². The minimum Gasteiger partial charge on any atom is -0.393 e. The second-order valence-electron chi connectivity index (χ2n) is 5.68. The standard InChI is InChI=1S/C15H23N3S/c1-11(2)10-18(9-8-14(16)19)15-7-6-12-4-3-5-13(12)17-15/h6-7,11H,3-5,8-10H2,1-2H3,(H2,16,19). The molecule has 0 spiro atoms. The predicted molar refractivity (Wildman–Crippen MR) is 84.7 cm³/mol. The molecule has 0 unspecified atom stereocenters. The smallest absolute Gasteiger partial charge is 0.128 e. The molecular weight excluding hydrogens is 254 g/mol.